The van der Waals surface area contributed by atoms with Gasteiger partial charge in [0, 0.05) is 23.7 Å². The van der Waals surface area contributed by atoms with Gasteiger partial charge in [0.2, 0.25) is 0 Å². The number of rotatable bonds is 0. The minimum Gasteiger partial charge on any atom is -0.299 e. The van der Waals surface area contributed by atoms with E-state index in [-0.39, 0.29) is 0 Å². The minimum absolute atomic E-state index is 0.403. The van der Waals surface area contributed by atoms with Gasteiger partial charge in [0.05, 0.1) is 0 Å². The van der Waals surface area contributed by atoms with Crippen molar-refractivity contribution in [2.24, 2.45) is 59.2 Å². The number of hydrogen-bond acceptors (Lipinski definition) is 2. The highest BCUT2D eigenvalue weighted by molar-refractivity contribution is 5.87. The van der Waals surface area contributed by atoms with Crippen molar-refractivity contribution in [3.63, 3.8) is 0 Å². The summed E-state index contributed by atoms with van der Waals surface area (Å²) < 4.78 is 0. The third-order valence-electron chi connectivity index (χ3n) is 10.2. The van der Waals surface area contributed by atoms with Crippen LogP contribution in [0.1, 0.15) is 77.0 Å². The third-order valence-corrected chi connectivity index (χ3v) is 10.2. The number of Topliss-reactive ketones (excluding diaryl/α,β-unsaturated/α-hetero) is 2. The van der Waals surface area contributed by atoms with Gasteiger partial charge in [-0.25, -0.2) is 0 Å². The Morgan fingerprint density at radius 3 is 1.35 bits per heavy atom. The summed E-state index contributed by atoms with van der Waals surface area (Å²) >= 11 is 0. The summed E-state index contributed by atoms with van der Waals surface area (Å²) in [6.45, 7) is 0. The largest absolute Gasteiger partial charge is 0.299 e. The molecule has 6 fully saturated rings. The molecule has 0 aliphatic heterocycles. The van der Waals surface area contributed by atoms with Crippen LogP contribution in [0.15, 0.2) is 0 Å². The van der Waals surface area contributed by atoms with Gasteiger partial charge in [-0.15, -0.1) is 0 Å². The summed E-state index contributed by atoms with van der Waals surface area (Å²) in [4.78, 5) is 26.2. The van der Waals surface area contributed by atoms with Crippen molar-refractivity contribution in [3.05, 3.63) is 0 Å². The van der Waals surface area contributed by atoms with Crippen molar-refractivity contribution >= 4 is 11.6 Å². The highest BCUT2D eigenvalue weighted by atomic mass is 16.1. The summed E-state index contributed by atoms with van der Waals surface area (Å²) in [6, 6.07) is 0. The van der Waals surface area contributed by atoms with E-state index < -0.39 is 0 Å². The fourth-order valence-electron chi connectivity index (χ4n) is 9.19. The molecule has 142 valence electrons. The Morgan fingerprint density at radius 1 is 0.462 bits per heavy atom. The van der Waals surface area contributed by atoms with Crippen LogP contribution in [-0.2, 0) is 9.59 Å². The van der Waals surface area contributed by atoms with Crippen LogP contribution >= 0.6 is 0 Å². The summed E-state index contributed by atoms with van der Waals surface area (Å²) in [6.07, 6.45) is 15.2. The van der Waals surface area contributed by atoms with Gasteiger partial charge < -0.3 is 0 Å². The standard InChI is InChI=1S/C24H34O2/c25-23-17-7-3-1-5-15(17)19-9-13-12-22-20(10-14(13)11-21(19)23)16-6-2-4-8-18(16)24(22)26/h13-22H,1-12H2. The van der Waals surface area contributed by atoms with Gasteiger partial charge in [-0.3, -0.25) is 9.59 Å². The first-order chi connectivity index (χ1) is 12.7. The van der Waals surface area contributed by atoms with Crippen molar-refractivity contribution in [2.45, 2.75) is 77.0 Å². The molecule has 0 amide bonds. The fourth-order valence-corrected chi connectivity index (χ4v) is 9.19. The second kappa shape index (κ2) is 5.92. The van der Waals surface area contributed by atoms with E-state index in [9.17, 15) is 9.59 Å². The van der Waals surface area contributed by atoms with Gasteiger partial charge >= 0.3 is 0 Å². The zero-order chi connectivity index (χ0) is 17.4. The topological polar surface area (TPSA) is 34.1 Å². The molecule has 0 bridgehead atoms. The van der Waals surface area contributed by atoms with Gasteiger partial charge in [0.25, 0.3) is 0 Å². The Bertz CT molecular complexity index is 570. The molecular formula is C24H34O2. The molecule has 0 heterocycles. The molecule has 0 saturated heterocycles. The van der Waals surface area contributed by atoms with E-state index in [2.05, 4.69) is 0 Å². The molecule has 6 aliphatic rings. The first-order valence-electron chi connectivity index (χ1n) is 11.8. The molecule has 6 rings (SSSR count). The number of carbonyl (C=O) groups excluding carboxylic acids is 2. The molecule has 2 nitrogen and oxygen atoms in total. The van der Waals surface area contributed by atoms with Crippen molar-refractivity contribution in [1.82, 2.24) is 0 Å². The number of ketones is 2. The van der Waals surface area contributed by atoms with Crippen molar-refractivity contribution in [1.29, 1.82) is 0 Å². The maximum atomic E-state index is 13.1. The van der Waals surface area contributed by atoms with Crippen LogP contribution in [0, 0.1) is 59.2 Å². The maximum absolute atomic E-state index is 13.1. The van der Waals surface area contributed by atoms with E-state index in [1.807, 2.05) is 0 Å². The van der Waals surface area contributed by atoms with Crippen LogP contribution in [0.4, 0.5) is 0 Å². The van der Waals surface area contributed by atoms with Crippen molar-refractivity contribution in [3.8, 4) is 0 Å². The average molecular weight is 355 g/mol. The molecule has 10 atom stereocenters. The monoisotopic (exact) mass is 354 g/mol. The molecule has 2 heteroatoms. The lowest BCUT2D eigenvalue weighted by Gasteiger charge is -2.47. The summed E-state index contributed by atoms with van der Waals surface area (Å²) in [5.74, 6) is 7.28. The Labute approximate surface area is 157 Å². The van der Waals surface area contributed by atoms with Crippen LogP contribution < -0.4 is 0 Å². The molecule has 6 saturated carbocycles. The number of hydrogen-bond donors (Lipinski definition) is 0. The molecule has 0 radical (unpaired) electrons. The molecule has 0 N–H and O–H groups in total. The molecule has 26 heavy (non-hydrogen) atoms. The van der Waals surface area contributed by atoms with Gasteiger partial charge in [0.15, 0.2) is 0 Å². The average Bonchev–Trinajstić information content (AvgIpc) is 3.12. The zero-order valence-corrected chi connectivity index (χ0v) is 16.1. The molecule has 0 spiro atoms. The summed E-state index contributed by atoms with van der Waals surface area (Å²) in [7, 11) is 0. The predicted molar refractivity (Wildman–Crippen MR) is 100 cm³/mol. The lowest BCUT2D eigenvalue weighted by atomic mass is 9.57. The van der Waals surface area contributed by atoms with Crippen molar-refractivity contribution in [2.75, 3.05) is 0 Å². The normalized spacial score (nSPS) is 55.5. The summed E-state index contributed by atoms with van der Waals surface area (Å²) in [5, 5.41) is 0. The predicted octanol–water partition coefficient (Wildman–Crippen LogP) is 5.05. The van der Waals surface area contributed by atoms with Gasteiger partial charge in [-0.05, 0) is 86.9 Å². The highest BCUT2D eigenvalue weighted by Gasteiger charge is 2.59. The lowest BCUT2D eigenvalue weighted by molar-refractivity contribution is -0.129. The Morgan fingerprint density at radius 2 is 0.885 bits per heavy atom. The van der Waals surface area contributed by atoms with E-state index in [0.717, 1.165) is 11.8 Å². The second-order valence-corrected chi connectivity index (χ2v) is 10.9. The lowest BCUT2D eigenvalue weighted by Crippen LogP contribution is -2.41. The van der Waals surface area contributed by atoms with Gasteiger partial charge in [-0.1, -0.05) is 25.7 Å². The molecule has 0 aromatic heterocycles. The van der Waals surface area contributed by atoms with E-state index in [0.29, 0.717) is 58.9 Å². The van der Waals surface area contributed by atoms with E-state index in [4.69, 9.17) is 0 Å². The first-order valence-corrected chi connectivity index (χ1v) is 11.8. The Hall–Kier alpha value is -0.660. The van der Waals surface area contributed by atoms with Crippen LogP contribution in [0.3, 0.4) is 0 Å². The van der Waals surface area contributed by atoms with Crippen LogP contribution in [0.25, 0.3) is 0 Å². The van der Waals surface area contributed by atoms with Gasteiger partial charge in [-0.2, -0.15) is 0 Å². The van der Waals surface area contributed by atoms with Crippen LogP contribution in [-0.4, -0.2) is 11.6 Å². The summed E-state index contributed by atoms with van der Waals surface area (Å²) in [5.41, 5.74) is 0. The maximum Gasteiger partial charge on any atom is 0.139 e. The van der Waals surface area contributed by atoms with Crippen LogP contribution in [0.5, 0.6) is 0 Å². The van der Waals surface area contributed by atoms with E-state index in [1.165, 1.54) is 77.0 Å². The van der Waals surface area contributed by atoms with Crippen LogP contribution in [0.2, 0.25) is 0 Å². The molecule has 0 aromatic carbocycles. The van der Waals surface area contributed by atoms with E-state index >= 15 is 0 Å². The zero-order valence-electron chi connectivity index (χ0n) is 16.1. The SMILES string of the molecule is O=C1C2CCCCC2C2CC3CC4C(=O)C5CCCCC5C4CC3CC12. The van der Waals surface area contributed by atoms with E-state index in [1.54, 1.807) is 0 Å². The Balaban J connectivity index is 1.25. The third kappa shape index (κ3) is 2.17. The molecule has 6 aliphatic carbocycles. The fraction of sp³-hybridized carbons (Fsp3) is 0.917. The quantitative estimate of drug-likeness (QED) is 0.610. The minimum atomic E-state index is 0.403. The van der Waals surface area contributed by atoms with Gasteiger partial charge in [0.1, 0.15) is 11.6 Å². The highest BCUT2D eigenvalue weighted by Crippen LogP contribution is 2.61. The first kappa shape index (κ1) is 16.3. The molecule has 0 aromatic rings. The van der Waals surface area contributed by atoms with Crippen molar-refractivity contribution < 1.29 is 9.59 Å². The smallest absolute Gasteiger partial charge is 0.139 e. The molecular weight excluding hydrogens is 320 g/mol. The Kier molecular flexibility index (Phi) is 3.71. The molecule has 10 unspecified atom stereocenters. The number of carbonyl (C=O) groups is 2. The number of fused-ring (bicyclic) bond motifs is 7. The second-order valence-electron chi connectivity index (χ2n) is 10.9.